The normalized spacial score (nSPS) is 21.3. The van der Waals surface area contributed by atoms with Crippen LogP contribution in [0.1, 0.15) is 71.4 Å². The van der Waals surface area contributed by atoms with E-state index in [0.717, 1.165) is 58.2 Å². The van der Waals surface area contributed by atoms with Gasteiger partial charge in [-0.25, -0.2) is 36.3 Å². The molecule has 4 atom stereocenters. The smallest absolute Gasteiger partial charge is 0.250 e. The molecule has 0 bridgehead atoms. The molecule has 2 aromatic heterocycles. The van der Waals surface area contributed by atoms with Crippen LogP contribution in [0.5, 0.6) is 11.5 Å². The Hall–Kier alpha value is -7.18. The van der Waals surface area contributed by atoms with Gasteiger partial charge in [0.05, 0.1) is 61.7 Å². The summed E-state index contributed by atoms with van der Waals surface area (Å²) >= 11 is 0. The van der Waals surface area contributed by atoms with Crippen LogP contribution in [-0.2, 0) is 9.59 Å². The van der Waals surface area contributed by atoms with E-state index >= 15 is 0 Å². The summed E-state index contributed by atoms with van der Waals surface area (Å²) in [7, 11) is 3.17. The topological polar surface area (TPSA) is 119 Å². The maximum absolute atomic E-state index is 13.9. The third-order valence-corrected chi connectivity index (χ3v) is 13.3. The monoisotopic (exact) mass is 964 g/mol. The molecular weight excluding hydrogens is 915 g/mol. The van der Waals surface area contributed by atoms with Gasteiger partial charge in [-0.05, 0) is 122 Å². The molecule has 0 unspecified atom stereocenters. The van der Waals surface area contributed by atoms with Crippen LogP contribution in [0, 0.1) is 48.8 Å². The molecule has 70 heavy (non-hydrogen) atoms. The number of benzene rings is 4. The van der Waals surface area contributed by atoms with Crippen LogP contribution in [0.15, 0.2) is 96.9 Å². The zero-order valence-electron chi connectivity index (χ0n) is 38.8. The highest BCUT2D eigenvalue weighted by molar-refractivity contribution is 6.00. The highest BCUT2D eigenvalue weighted by atomic mass is 19.2. The van der Waals surface area contributed by atoms with E-state index in [1.165, 1.54) is 0 Å². The lowest BCUT2D eigenvalue weighted by atomic mass is 9.89. The van der Waals surface area contributed by atoms with E-state index in [0.29, 0.717) is 74.5 Å². The Bertz CT molecular complexity index is 2790. The molecule has 0 aliphatic carbocycles. The van der Waals surface area contributed by atoms with Crippen molar-refractivity contribution in [3.63, 3.8) is 0 Å². The predicted molar refractivity (Wildman–Crippen MR) is 249 cm³/mol. The lowest BCUT2D eigenvalue weighted by Crippen LogP contribution is -2.57. The van der Waals surface area contributed by atoms with Crippen molar-refractivity contribution >= 4 is 24.0 Å². The molecule has 4 aliphatic heterocycles. The Kier molecular flexibility index (Phi) is 13.7. The number of amides is 2. The summed E-state index contributed by atoms with van der Waals surface area (Å²) in [4.78, 5) is 39.0. The summed E-state index contributed by atoms with van der Waals surface area (Å²) in [5.41, 5.74) is 6.68. The number of imidazole rings is 2. The van der Waals surface area contributed by atoms with Crippen molar-refractivity contribution in [1.29, 1.82) is 0 Å². The first-order valence-electron chi connectivity index (χ1n) is 22.9. The molecule has 0 radical (unpaired) electrons. The van der Waals surface area contributed by atoms with Crippen molar-refractivity contribution in [3.05, 3.63) is 165 Å². The number of halogens is 6. The van der Waals surface area contributed by atoms with Gasteiger partial charge in [-0.3, -0.25) is 9.59 Å². The molecular formula is C52H50F6N8O4. The Balaban J connectivity index is 0.000000174. The molecule has 6 heterocycles. The second-order valence-electron chi connectivity index (χ2n) is 17.8. The van der Waals surface area contributed by atoms with Crippen molar-refractivity contribution in [3.8, 4) is 22.9 Å². The molecule has 2 amide bonds. The Morgan fingerprint density at radius 3 is 1.30 bits per heavy atom. The number of aromatic nitrogens is 4. The fourth-order valence-electron chi connectivity index (χ4n) is 9.83. The summed E-state index contributed by atoms with van der Waals surface area (Å²) in [5, 5.41) is 6.47. The number of rotatable bonds is 8. The van der Waals surface area contributed by atoms with Gasteiger partial charge in [-0.15, -0.1) is 0 Å². The molecule has 6 aromatic rings. The van der Waals surface area contributed by atoms with Crippen molar-refractivity contribution < 1.29 is 45.4 Å². The van der Waals surface area contributed by atoms with Gasteiger partial charge < -0.3 is 39.0 Å². The van der Waals surface area contributed by atoms with Gasteiger partial charge in [-0.1, -0.05) is 12.1 Å². The van der Waals surface area contributed by atoms with E-state index in [9.17, 15) is 35.9 Å². The molecule has 4 fully saturated rings. The SMILES string of the molecule is COc1cc(/C=C2\CC[C@@H]3CNC[C@H](c4cc(F)c(F)c(F)c4)N3C2=O)ccc1-n1cnc(C)c1.COc1cc(/C=C2\CC[C@H]3CNC[C@@H](c4cc(F)c(F)c(F)c4)N3C2=O)ccc1-n1cnc(C)c1. The molecule has 0 saturated carbocycles. The summed E-state index contributed by atoms with van der Waals surface area (Å²) in [6, 6.07) is 13.8. The van der Waals surface area contributed by atoms with Crippen LogP contribution in [0.3, 0.4) is 0 Å². The number of ether oxygens (including phenoxy) is 2. The van der Waals surface area contributed by atoms with Gasteiger partial charge >= 0.3 is 0 Å². The number of fused-ring (bicyclic) bond motifs is 2. The van der Waals surface area contributed by atoms with E-state index in [2.05, 4.69) is 20.6 Å². The minimum atomic E-state index is -1.51. The number of piperazine rings is 2. The number of methoxy groups -OCH3 is 2. The van der Waals surface area contributed by atoms with E-state index in [1.54, 1.807) is 36.7 Å². The summed E-state index contributed by atoms with van der Waals surface area (Å²) in [5.74, 6) is -7.18. The van der Waals surface area contributed by atoms with Crippen LogP contribution < -0.4 is 20.1 Å². The van der Waals surface area contributed by atoms with Crippen LogP contribution >= 0.6 is 0 Å². The number of carbonyl (C=O) groups is 2. The molecule has 10 rings (SSSR count). The average Bonchev–Trinajstić information content (AvgIpc) is 4.01. The highest BCUT2D eigenvalue weighted by Crippen LogP contribution is 2.38. The standard InChI is InChI=1S/2C26H25F3N4O2/c2*1-15-13-32(14-31-15)22-6-3-16(8-24(22)35-2)7-17-4-5-19-11-30-12-23(33(19)26(17)34)18-9-20(27)25(29)21(28)10-18/h2*3,6-10,13-14,19,23,30H,4-5,11-12H2,1-2H3/b2*17-7+/t2*19-,23-/m10/s1. The fourth-order valence-corrected chi connectivity index (χ4v) is 9.83. The average molecular weight is 965 g/mol. The van der Waals surface area contributed by atoms with Crippen molar-refractivity contribution in [2.24, 2.45) is 0 Å². The Labute approximate surface area is 400 Å². The first-order chi connectivity index (χ1) is 33.7. The van der Waals surface area contributed by atoms with E-state index in [1.807, 2.05) is 83.9 Å². The predicted octanol–water partition coefficient (Wildman–Crippen LogP) is 8.65. The molecule has 364 valence electrons. The Morgan fingerprint density at radius 2 is 0.957 bits per heavy atom. The van der Waals surface area contributed by atoms with Crippen LogP contribution in [-0.4, -0.2) is 93.2 Å². The quantitative estimate of drug-likeness (QED) is 0.0885. The Morgan fingerprint density at radius 1 is 0.571 bits per heavy atom. The zero-order chi connectivity index (χ0) is 49.4. The molecule has 12 nitrogen and oxygen atoms in total. The van der Waals surface area contributed by atoms with E-state index in [4.69, 9.17) is 9.47 Å². The van der Waals surface area contributed by atoms with Crippen LogP contribution in [0.25, 0.3) is 23.5 Å². The third kappa shape index (κ3) is 9.57. The van der Waals surface area contributed by atoms with E-state index in [-0.39, 0.29) is 35.0 Å². The molecule has 0 spiro atoms. The molecule has 18 heteroatoms. The summed E-state index contributed by atoms with van der Waals surface area (Å²) in [6.45, 7) is 5.65. The number of aryl methyl sites for hydroxylation is 2. The first-order valence-corrected chi connectivity index (χ1v) is 22.9. The van der Waals surface area contributed by atoms with Crippen LogP contribution in [0.2, 0.25) is 0 Å². The fraction of sp³-hybridized carbons (Fsp3) is 0.308. The number of nitrogens with one attached hydrogen (secondary N) is 2. The minimum absolute atomic E-state index is 0.115. The molecule has 4 aromatic carbocycles. The van der Waals surface area contributed by atoms with E-state index < -0.39 is 47.0 Å². The maximum Gasteiger partial charge on any atom is 0.250 e. The zero-order valence-corrected chi connectivity index (χ0v) is 38.8. The third-order valence-electron chi connectivity index (χ3n) is 13.3. The van der Waals surface area contributed by atoms with Gasteiger partial charge in [0.25, 0.3) is 11.8 Å². The number of piperidine rings is 2. The number of nitrogens with zero attached hydrogens (tertiary/aromatic N) is 6. The maximum atomic E-state index is 13.9. The lowest BCUT2D eigenvalue weighted by molar-refractivity contribution is -0.136. The number of hydrogen-bond acceptors (Lipinski definition) is 8. The molecule has 2 N–H and O–H groups in total. The summed E-state index contributed by atoms with van der Waals surface area (Å²) < 4.78 is 97.7. The van der Waals surface area contributed by atoms with Gasteiger partial charge in [0.2, 0.25) is 0 Å². The van der Waals surface area contributed by atoms with Crippen molar-refractivity contribution in [1.82, 2.24) is 39.5 Å². The van der Waals surface area contributed by atoms with Gasteiger partial charge in [0.15, 0.2) is 34.9 Å². The summed E-state index contributed by atoms with van der Waals surface area (Å²) in [6.07, 6.45) is 13.4. The lowest BCUT2D eigenvalue weighted by Gasteiger charge is -2.46. The van der Waals surface area contributed by atoms with Crippen molar-refractivity contribution in [2.45, 2.75) is 63.7 Å². The first kappa shape index (κ1) is 47.9. The second-order valence-corrected chi connectivity index (χ2v) is 17.8. The molecule has 4 aliphatic rings. The molecule has 4 saturated heterocycles. The van der Waals surface area contributed by atoms with Crippen molar-refractivity contribution in [2.75, 3.05) is 40.4 Å². The van der Waals surface area contributed by atoms with Gasteiger partial charge in [-0.2, -0.15) is 0 Å². The van der Waals surface area contributed by atoms with Gasteiger partial charge in [0, 0.05) is 61.8 Å². The minimum Gasteiger partial charge on any atom is -0.495 e. The van der Waals surface area contributed by atoms with Gasteiger partial charge in [0.1, 0.15) is 11.5 Å². The highest BCUT2D eigenvalue weighted by Gasteiger charge is 2.41. The number of hydrogen-bond donors (Lipinski definition) is 2. The largest absolute Gasteiger partial charge is 0.495 e. The number of carbonyl (C=O) groups excluding carboxylic acids is 2. The second kappa shape index (κ2) is 20.0. The van der Waals surface area contributed by atoms with Crippen LogP contribution in [0.4, 0.5) is 26.3 Å².